The molecule has 0 saturated heterocycles. The van der Waals surface area contributed by atoms with Gasteiger partial charge in [-0.15, -0.1) is 9.89 Å². The van der Waals surface area contributed by atoms with Crippen LogP contribution in [0.3, 0.4) is 0 Å². The fourth-order valence-electron chi connectivity index (χ4n) is 4.62. The van der Waals surface area contributed by atoms with E-state index in [1.165, 1.54) is 4.79 Å². The molecule has 0 fully saturated rings. The average molecular weight is 550 g/mol. The number of carbonyl (C=O) groups is 1. The Bertz CT molecular complexity index is 1340. The Morgan fingerprint density at radius 1 is 1.00 bits per heavy atom. The molecule has 39 heavy (non-hydrogen) atoms. The molecule has 10 heteroatoms. The summed E-state index contributed by atoms with van der Waals surface area (Å²) in [6, 6.07) is 18.2. The van der Waals surface area contributed by atoms with Crippen molar-refractivity contribution < 1.29 is 9.90 Å². The number of rotatable bonds is 14. The van der Waals surface area contributed by atoms with Gasteiger partial charge in [-0.25, -0.2) is 10.4 Å². The maximum Gasteiger partial charge on any atom is 0.243 e. The first-order valence-corrected chi connectivity index (χ1v) is 13.9. The van der Waals surface area contributed by atoms with Crippen LogP contribution >= 0.6 is 11.6 Å². The number of benzene rings is 2. The van der Waals surface area contributed by atoms with E-state index in [1.807, 2.05) is 59.2 Å². The number of hydrogen-bond acceptors (Lipinski definition) is 6. The minimum Gasteiger partial charge on any atom is -0.390 e. The molecule has 1 unspecified atom stereocenters. The molecule has 0 radical (unpaired) electrons. The van der Waals surface area contributed by atoms with Crippen LogP contribution < -0.4 is 5.43 Å². The average Bonchev–Trinajstić information content (AvgIpc) is 3.51. The second-order valence-electron chi connectivity index (χ2n) is 9.76. The van der Waals surface area contributed by atoms with Crippen LogP contribution in [0.1, 0.15) is 73.6 Å². The predicted molar refractivity (Wildman–Crippen MR) is 151 cm³/mol. The van der Waals surface area contributed by atoms with Crippen LogP contribution in [0, 0.1) is 5.92 Å². The second kappa shape index (κ2) is 14.0. The minimum absolute atomic E-state index is 0.0945. The molecule has 1 amide bonds. The van der Waals surface area contributed by atoms with Crippen molar-refractivity contribution in [3.8, 4) is 0 Å². The highest BCUT2D eigenvalue weighted by molar-refractivity contribution is 6.30. The summed E-state index contributed by atoms with van der Waals surface area (Å²) in [5, 5.41) is 22.0. The Morgan fingerprint density at radius 3 is 2.44 bits per heavy atom. The molecule has 2 aromatic carbocycles. The Kier molecular flexibility index (Phi) is 10.2. The van der Waals surface area contributed by atoms with Crippen molar-refractivity contribution in [3.63, 3.8) is 0 Å². The Hall–Kier alpha value is -3.56. The summed E-state index contributed by atoms with van der Waals surface area (Å²) in [4.78, 5) is 19.0. The van der Waals surface area contributed by atoms with Gasteiger partial charge < -0.3 is 9.67 Å². The highest BCUT2D eigenvalue weighted by Crippen LogP contribution is 2.22. The summed E-state index contributed by atoms with van der Waals surface area (Å²) in [5.74, 6) is 1.18. The zero-order valence-corrected chi connectivity index (χ0v) is 23.3. The van der Waals surface area contributed by atoms with Crippen molar-refractivity contribution in [1.29, 1.82) is 0 Å². The summed E-state index contributed by atoms with van der Waals surface area (Å²) in [7, 11) is 0. The van der Waals surface area contributed by atoms with E-state index >= 15 is 0 Å². The van der Waals surface area contributed by atoms with Crippen LogP contribution in [0.5, 0.6) is 0 Å². The molecule has 0 bridgehead atoms. The first-order valence-electron chi connectivity index (χ1n) is 13.6. The van der Waals surface area contributed by atoms with E-state index in [9.17, 15) is 9.90 Å². The number of aromatic nitrogens is 6. The topological polar surface area (TPSA) is 111 Å². The number of nitrogens with zero attached hydrogens (tertiary/aromatic N) is 6. The number of halogens is 1. The summed E-state index contributed by atoms with van der Waals surface area (Å²) < 4.78 is 1.97. The van der Waals surface area contributed by atoms with Crippen LogP contribution in [0.2, 0.25) is 5.15 Å². The third-order valence-electron chi connectivity index (χ3n) is 6.76. The number of tetrazole rings is 1. The number of hydrogen-bond donors (Lipinski definition) is 2. The van der Waals surface area contributed by atoms with Gasteiger partial charge in [-0.05, 0) is 46.4 Å². The van der Waals surface area contributed by atoms with Gasteiger partial charge in [0.25, 0.3) is 0 Å². The number of nitrogens with one attached hydrogen (secondary N) is 1. The molecular weight excluding hydrogens is 514 g/mol. The van der Waals surface area contributed by atoms with Gasteiger partial charge in [0, 0.05) is 18.8 Å². The number of aliphatic hydroxyl groups is 1. The summed E-state index contributed by atoms with van der Waals surface area (Å²) in [5.41, 5.74) is 6.61. The van der Waals surface area contributed by atoms with Gasteiger partial charge in [0.15, 0.2) is 5.82 Å². The van der Waals surface area contributed by atoms with Crippen molar-refractivity contribution in [2.24, 2.45) is 5.92 Å². The number of unbranched alkanes of at least 4 members (excludes halogenated alkanes) is 1. The van der Waals surface area contributed by atoms with Crippen molar-refractivity contribution in [2.75, 3.05) is 5.43 Å². The summed E-state index contributed by atoms with van der Waals surface area (Å²) in [6.45, 7) is 4.60. The molecule has 9 nitrogen and oxygen atoms in total. The number of carbonyl (C=O) groups excluding carboxylic acids is 1. The quantitative estimate of drug-likeness (QED) is 0.235. The van der Waals surface area contributed by atoms with E-state index < -0.39 is 0 Å². The molecule has 0 saturated carbocycles. The first kappa shape index (κ1) is 28.4. The SMILES string of the molecule is CCCCc1nc(CO)c(Cl)n1Cc1ccc(Cc2nnnn2NC(=O)C(CCC)Cc2ccccc2)cc1. The van der Waals surface area contributed by atoms with E-state index in [0.29, 0.717) is 36.1 Å². The largest absolute Gasteiger partial charge is 0.390 e. The number of aliphatic hydroxyl groups excluding tert-OH is 1. The van der Waals surface area contributed by atoms with Gasteiger partial charge in [-0.1, -0.05) is 92.9 Å². The zero-order chi connectivity index (χ0) is 27.6. The van der Waals surface area contributed by atoms with E-state index in [0.717, 1.165) is 54.6 Å². The Labute approximate surface area is 234 Å². The van der Waals surface area contributed by atoms with Gasteiger partial charge >= 0.3 is 0 Å². The summed E-state index contributed by atoms with van der Waals surface area (Å²) in [6.07, 6.45) is 5.69. The fourth-order valence-corrected chi connectivity index (χ4v) is 4.88. The van der Waals surface area contributed by atoms with E-state index in [4.69, 9.17) is 11.6 Å². The maximum absolute atomic E-state index is 13.1. The number of amides is 1. The molecular formula is C29H36ClN7O2. The van der Waals surface area contributed by atoms with Crippen LogP contribution in [0.15, 0.2) is 54.6 Å². The smallest absolute Gasteiger partial charge is 0.243 e. The van der Waals surface area contributed by atoms with E-state index in [-0.39, 0.29) is 18.4 Å². The normalized spacial score (nSPS) is 12.0. The zero-order valence-electron chi connectivity index (χ0n) is 22.6. The molecule has 0 aliphatic heterocycles. The Balaban J connectivity index is 1.41. The van der Waals surface area contributed by atoms with Crippen molar-refractivity contribution >= 4 is 17.5 Å². The molecule has 0 spiro atoms. The molecule has 4 aromatic rings. The third-order valence-corrected chi connectivity index (χ3v) is 7.19. The molecule has 206 valence electrons. The standard InChI is InChI=1S/C29H36ClN7O2/c1-3-5-12-26-31-25(20-38)28(30)36(26)19-23-15-13-22(14-16-23)18-27-32-34-35-37(27)33-29(39)24(9-4-2)17-21-10-7-6-8-11-21/h6-8,10-11,13-16,24,38H,3-5,9,12,17-20H2,1-2H3,(H,33,39). The van der Waals surface area contributed by atoms with Crippen molar-refractivity contribution in [3.05, 3.63) is 93.8 Å². The lowest BCUT2D eigenvalue weighted by molar-refractivity contribution is -0.121. The van der Waals surface area contributed by atoms with Crippen LogP contribution in [0.25, 0.3) is 0 Å². The minimum atomic E-state index is -0.180. The van der Waals surface area contributed by atoms with E-state index in [1.54, 1.807) is 0 Å². The van der Waals surface area contributed by atoms with Crippen LogP contribution in [-0.2, 0) is 37.2 Å². The van der Waals surface area contributed by atoms with Gasteiger partial charge in [0.2, 0.25) is 5.91 Å². The Morgan fingerprint density at radius 2 is 1.74 bits per heavy atom. The number of aryl methyl sites for hydroxylation is 1. The van der Waals surface area contributed by atoms with Crippen molar-refractivity contribution in [1.82, 2.24) is 29.9 Å². The lowest BCUT2D eigenvalue weighted by Gasteiger charge is -2.16. The van der Waals surface area contributed by atoms with Gasteiger partial charge in [0.1, 0.15) is 16.7 Å². The second-order valence-corrected chi connectivity index (χ2v) is 10.1. The monoisotopic (exact) mass is 549 g/mol. The first-order chi connectivity index (χ1) is 19.0. The highest BCUT2D eigenvalue weighted by atomic mass is 35.5. The lowest BCUT2D eigenvalue weighted by atomic mass is 9.94. The third kappa shape index (κ3) is 7.52. The number of imidazole rings is 1. The maximum atomic E-state index is 13.1. The fraction of sp³-hybridized carbons (Fsp3) is 0.414. The molecule has 4 rings (SSSR count). The molecule has 0 aliphatic carbocycles. The van der Waals surface area contributed by atoms with Crippen molar-refractivity contribution in [2.45, 2.75) is 71.9 Å². The van der Waals surface area contributed by atoms with Gasteiger partial charge in [0.05, 0.1) is 13.2 Å². The van der Waals surface area contributed by atoms with Crippen LogP contribution in [-0.4, -0.2) is 40.9 Å². The predicted octanol–water partition coefficient (Wildman–Crippen LogP) is 4.73. The summed E-state index contributed by atoms with van der Waals surface area (Å²) >= 11 is 6.51. The molecule has 2 N–H and O–H groups in total. The molecule has 1 atom stereocenters. The van der Waals surface area contributed by atoms with Crippen LogP contribution in [0.4, 0.5) is 0 Å². The van der Waals surface area contributed by atoms with Gasteiger partial charge in [-0.2, -0.15) is 0 Å². The van der Waals surface area contributed by atoms with Gasteiger partial charge in [-0.3, -0.25) is 4.79 Å². The highest BCUT2D eigenvalue weighted by Gasteiger charge is 2.20. The van der Waals surface area contributed by atoms with E-state index in [2.05, 4.69) is 39.8 Å². The molecule has 2 aromatic heterocycles. The molecule has 0 aliphatic rings. The lowest BCUT2D eigenvalue weighted by Crippen LogP contribution is -2.32. The molecule has 2 heterocycles.